The van der Waals surface area contributed by atoms with Gasteiger partial charge in [-0.2, -0.15) is 0 Å². The summed E-state index contributed by atoms with van der Waals surface area (Å²) in [6, 6.07) is 11.9. The topological polar surface area (TPSA) is 63.1 Å². The van der Waals surface area contributed by atoms with Gasteiger partial charge in [0.15, 0.2) is 0 Å². The van der Waals surface area contributed by atoms with Crippen molar-refractivity contribution in [1.29, 1.82) is 0 Å². The number of imidazole rings is 1. The van der Waals surface area contributed by atoms with E-state index in [-0.39, 0.29) is 12.1 Å². The second-order valence-electron chi connectivity index (χ2n) is 6.46. The van der Waals surface area contributed by atoms with Crippen molar-refractivity contribution < 1.29 is 4.79 Å². The summed E-state index contributed by atoms with van der Waals surface area (Å²) in [7, 11) is 0. The fourth-order valence-corrected chi connectivity index (χ4v) is 3.49. The average molecular weight is 347 g/mol. The van der Waals surface area contributed by atoms with E-state index in [0.29, 0.717) is 0 Å². The maximum atomic E-state index is 12.9. The molecule has 0 radical (unpaired) electrons. The van der Waals surface area contributed by atoms with Crippen LogP contribution in [0.1, 0.15) is 12.8 Å². The maximum absolute atomic E-state index is 12.9. The van der Waals surface area contributed by atoms with Crippen LogP contribution in [0.3, 0.4) is 0 Å². The molecule has 1 aromatic carbocycles. The lowest BCUT2D eigenvalue weighted by molar-refractivity contribution is 0.201. The number of anilines is 1. The van der Waals surface area contributed by atoms with Crippen molar-refractivity contribution in [3.05, 3.63) is 67.5 Å². The number of hydrogen-bond acceptors (Lipinski definition) is 3. The standard InChI is InChI=1S/C20H21N5O/c26-20(25-12-3-4-17(25)14-24-13-11-22-15-24)23-19-6-2-1-5-18(19)16-7-9-21-10-8-16/h1-2,5-11,13,15,17H,3-4,12,14H2,(H,23,26). The zero-order valence-electron chi connectivity index (χ0n) is 14.5. The maximum Gasteiger partial charge on any atom is 0.322 e. The van der Waals surface area contributed by atoms with E-state index in [9.17, 15) is 4.79 Å². The van der Waals surface area contributed by atoms with Gasteiger partial charge in [-0.3, -0.25) is 4.98 Å². The molecule has 2 aromatic heterocycles. The fourth-order valence-electron chi connectivity index (χ4n) is 3.49. The monoisotopic (exact) mass is 347 g/mol. The van der Waals surface area contributed by atoms with Crippen LogP contribution >= 0.6 is 0 Å². The number of rotatable bonds is 4. The summed E-state index contributed by atoms with van der Waals surface area (Å²) in [6.07, 6.45) is 11.1. The highest BCUT2D eigenvalue weighted by molar-refractivity contribution is 5.94. The van der Waals surface area contributed by atoms with Crippen molar-refractivity contribution in [2.45, 2.75) is 25.4 Å². The highest BCUT2D eigenvalue weighted by Gasteiger charge is 2.29. The first-order chi connectivity index (χ1) is 12.8. The summed E-state index contributed by atoms with van der Waals surface area (Å²) in [6.45, 7) is 1.56. The highest BCUT2D eigenvalue weighted by atomic mass is 16.2. The molecule has 26 heavy (non-hydrogen) atoms. The molecule has 1 N–H and O–H groups in total. The van der Waals surface area contributed by atoms with E-state index in [4.69, 9.17) is 0 Å². The molecule has 3 heterocycles. The van der Waals surface area contributed by atoms with Crippen molar-refractivity contribution in [3.8, 4) is 11.1 Å². The molecule has 3 aromatic rings. The van der Waals surface area contributed by atoms with Gasteiger partial charge in [-0.05, 0) is 36.6 Å². The van der Waals surface area contributed by atoms with Crippen LogP contribution in [0.4, 0.5) is 10.5 Å². The average Bonchev–Trinajstić information content (AvgIpc) is 3.35. The number of hydrogen-bond donors (Lipinski definition) is 1. The predicted molar refractivity (Wildman–Crippen MR) is 101 cm³/mol. The minimum absolute atomic E-state index is 0.0471. The summed E-state index contributed by atoms with van der Waals surface area (Å²) in [5.41, 5.74) is 2.85. The number of para-hydroxylation sites is 1. The van der Waals surface area contributed by atoms with E-state index in [1.165, 1.54) is 0 Å². The van der Waals surface area contributed by atoms with Crippen LogP contribution < -0.4 is 5.32 Å². The first-order valence-electron chi connectivity index (χ1n) is 8.84. The molecule has 1 saturated heterocycles. The second-order valence-corrected chi connectivity index (χ2v) is 6.46. The molecule has 0 aliphatic carbocycles. The molecule has 1 aliphatic heterocycles. The summed E-state index contributed by atoms with van der Waals surface area (Å²) in [5.74, 6) is 0. The van der Waals surface area contributed by atoms with Crippen molar-refractivity contribution in [2.75, 3.05) is 11.9 Å². The van der Waals surface area contributed by atoms with E-state index in [0.717, 1.165) is 42.7 Å². The molecule has 4 rings (SSSR count). The van der Waals surface area contributed by atoms with Gasteiger partial charge in [-0.15, -0.1) is 0 Å². The minimum Gasteiger partial charge on any atom is -0.335 e. The Morgan fingerprint density at radius 1 is 1.12 bits per heavy atom. The number of aromatic nitrogens is 3. The van der Waals surface area contributed by atoms with E-state index < -0.39 is 0 Å². The zero-order chi connectivity index (χ0) is 17.8. The van der Waals surface area contributed by atoms with E-state index in [1.54, 1.807) is 24.9 Å². The molecule has 6 nitrogen and oxygen atoms in total. The van der Waals surface area contributed by atoms with Crippen LogP contribution in [0, 0.1) is 0 Å². The quantitative estimate of drug-likeness (QED) is 0.784. The van der Waals surface area contributed by atoms with Gasteiger partial charge in [0.1, 0.15) is 0 Å². The molecule has 1 aliphatic rings. The number of nitrogens with one attached hydrogen (secondary N) is 1. The Bertz CT molecular complexity index is 863. The van der Waals surface area contributed by atoms with E-state index in [2.05, 4.69) is 15.3 Å². The third-order valence-electron chi connectivity index (χ3n) is 4.78. The first kappa shape index (κ1) is 16.3. The summed E-state index contributed by atoms with van der Waals surface area (Å²) in [5, 5.41) is 3.10. The molecule has 6 heteroatoms. The van der Waals surface area contributed by atoms with Gasteiger partial charge >= 0.3 is 6.03 Å². The molecule has 132 valence electrons. The van der Waals surface area contributed by atoms with Crippen LogP contribution in [-0.2, 0) is 6.54 Å². The number of carbonyl (C=O) groups is 1. The molecule has 1 fully saturated rings. The summed E-state index contributed by atoms with van der Waals surface area (Å²) < 4.78 is 2.03. The molecule has 2 amide bonds. The van der Waals surface area contributed by atoms with Gasteiger partial charge in [-0.25, -0.2) is 9.78 Å². The van der Waals surface area contributed by atoms with Crippen molar-refractivity contribution in [2.24, 2.45) is 0 Å². The molecular weight excluding hydrogens is 326 g/mol. The Morgan fingerprint density at radius 2 is 1.96 bits per heavy atom. The number of amides is 2. The molecule has 0 spiro atoms. The van der Waals surface area contributed by atoms with Crippen LogP contribution in [0.25, 0.3) is 11.1 Å². The van der Waals surface area contributed by atoms with Crippen LogP contribution in [0.2, 0.25) is 0 Å². The molecular formula is C20H21N5O. The third-order valence-corrected chi connectivity index (χ3v) is 4.78. The van der Waals surface area contributed by atoms with Crippen molar-refractivity contribution >= 4 is 11.7 Å². The van der Waals surface area contributed by atoms with Crippen LogP contribution in [0.15, 0.2) is 67.5 Å². The van der Waals surface area contributed by atoms with Crippen molar-refractivity contribution in [3.63, 3.8) is 0 Å². The fraction of sp³-hybridized carbons (Fsp3) is 0.250. The van der Waals surface area contributed by atoms with Gasteiger partial charge < -0.3 is 14.8 Å². The third kappa shape index (κ3) is 3.44. The largest absolute Gasteiger partial charge is 0.335 e. The number of pyridine rings is 1. The van der Waals surface area contributed by atoms with Crippen LogP contribution in [0.5, 0.6) is 0 Å². The second kappa shape index (κ2) is 7.39. The lowest BCUT2D eigenvalue weighted by Gasteiger charge is -2.26. The van der Waals surface area contributed by atoms with Gasteiger partial charge in [0.05, 0.1) is 18.1 Å². The highest BCUT2D eigenvalue weighted by Crippen LogP contribution is 2.28. The predicted octanol–water partition coefficient (Wildman–Crippen LogP) is 3.64. The first-order valence-corrected chi connectivity index (χ1v) is 8.84. The van der Waals surface area contributed by atoms with E-state index in [1.807, 2.05) is 52.1 Å². The van der Waals surface area contributed by atoms with Gasteiger partial charge in [0, 0.05) is 43.4 Å². The Balaban J connectivity index is 1.51. The smallest absolute Gasteiger partial charge is 0.322 e. The van der Waals surface area contributed by atoms with Gasteiger partial charge in [-0.1, -0.05) is 18.2 Å². The van der Waals surface area contributed by atoms with Crippen molar-refractivity contribution in [1.82, 2.24) is 19.4 Å². The number of nitrogens with zero attached hydrogens (tertiary/aromatic N) is 4. The number of benzene rings is 1. The van der Waals surface area contributed by atoms with Gasteiger partial charge in [0.25, 0.3) is 0 Å². The van der Waals surface area contributed by atoms with Crippen LogP contribution in [-0.4, -0.2) is 38.1 Å². The normalized spacial score (nSPS) is 16.6. The Hall–Kier alpha value is -3.15. The SMILES string of the molecule is O=C(Nc1ccccc1-c1ccncc1)N1CCCC1Cn1ccnc1. The van der Waals surface area contributed by atoms with E-state index >= 15 is 0 Å². The molecule has 0 bridgehead atoms. The number of urea groups is 1. The Labute approximate surface area is 152 Å². The molecule has 0 saturated carbocycles. The number of carbonyl (C=O) groups excluding carboxylic acids is 1. The lowest BCUT2D eigenvalue weighted by Crippen LogP contribution is -2.40. The minimum atomic E-state index is -0.0471. The lowest BCUT2D eigenvalue weighted by atomic mass is 10.1. The Kier molecular flexibility index (Phi) is 4.64. The number of likely N-dealkylation sites (tertiary alicyclic amines) is 1. The zero-order valence-corrected chi connectivity index (χ0v) is 14.5. The summed E-state index contributed by atoms with van der Waals surface area (Å²) >= 11 is 0. The van der Waals surface area contributed by atoms with Gasteiger partial charge in [0.2, 0.25) is 0 Å². The molecule has 1 unspecified atom stereocenters. The molecule has 1 atom stereocenters. The summed E-state index contributed by atoms with van der Waals surface area (Å²) in [4.78, 5) is 23.0. The Morgan fingerprint density at radius 3 is 2.77 bits per heavy atom.